The van der Waals surface area contributed by atoms with Crippen LogP contribution in [-0.2, 0) is 13.1 Å². The van der Waals surface area contributed by atoms with E-state index in [1.54, 1.807) is 5.57 Å². The third kappa shape index (κ3) is 4.23. The predicted octanol–water partition coefficient (Wildman–Crippen LogP) is 4.82. The van der Waals surface area contributed by atoms with Gasteiger partial charge in [-0.05, 0) is 57.2 Å². The van der Waals surface area contributed by atoms with Crippen molar-refractivity contribution in [2.45, 2.75) is 65.0 Å². The Hall–Kier alpha value is -1.61. The summed E-state index contributed by atoms with van der Waals surface area (Å²) < 4.78 is 2.39. The molecule has 0 unspecified atom stereocenters. The van der Waals surface area contributed by atoms with Gasteiger partial charge in [0.1, 0.15) is 5.82 Å². The lowest BCUT2D eigenvalue weighted by Crippen LogP contribution is -2.19. The number of aryl methyl sites for hydroxylation is 1. The first-order valence-corrected chi connectivity index (χ1v) is 9.21. The fourth-order valence-corrected chi connectivity index (χ4v) is 3.41. The molecule has 0 radical (unpaired) electrons. The standard InChI is InChI=1S/C20H29N3/c1-2-3-15-23-19-12-8-7-11-18(19)22-20(23)16-21-14-13-17-9-5-4-6-10-17/h7-9,11-12,21H,2-6,10,13-16H2,1H3. The number of allylic oxidation sites excluding steroid dienone is 1. The van der Waals surface area contributed by atoms with Crippen LogP contribution in [0.4, 0.5) is 0 Å². The molecule has 0 saturated heterocycles. The highest BCUT2D eigenvalue weighted by Gasteiger charge is 2.10. The summed E-state index contributed by atoms with van der Waals surface area (Å²) in [5.74, 6) is 1.18. The Bertz CT molecular complexity index is 654. The van der Waals surface area contributed by atoms with E-state index in [1.807, 2.05) is 0 Å². The first kappa shape index (κ1) is 16.3. The van der Waals surface area contributed by atoms with E-state index in [2.05, 4.69) is 47.1 Å². The number of hydrogen-bond donors (Lipinski definition) is 1. The minimum absolute atomic E-state index is 0.867. The van der Waals surface area contributed by atoms with Crippen LogP contribution in [0.3, 0.4) is 0 Å². The maximum Gasteiger partial charge on any atom is 0.123 e. The van der Waals surface area contributed by atoms with Crippen LogP contribution in [0.2, 0.25) is 0 Å². The zero-order chi connectivity index (χ0) is 15.9. The highest BCUT2D eigenvalue weighted by atomic mass is 15.1. The Morgan fingerprint density at radius 3 is 2.96 bits per heavy atom. The summed E-state index contributed by atoms with van der Waals surface area (Å²) in [6.45, 7) is 5.24. The molecule has 1 N–H and O–H groups in total. The molecule has 0 bridgehead atoms. The molecule has 2 aromatic rings. The van der Waals surface area contributed by atoms with Crippen LogP contribution in [0.25, 0.3) is 11.0 Å². The van der Waals surface area contributed by atoms with E-state index >= 15 is 0 Å². The Morgan fingerprint density at radius 1 is 1.22 bits per heavy atom. The lowest BCUT2D eigenvalue weighted by molar-refractivity contribution is 0.573. The van der Waals surface area contributed by atoms with Crippen molar-refractivity contribution in [3.05, 3.63) is 41.7 Å². The average Bonchev–Trinajstić information content (AvgIpc) is 2.95. The van der Waals surface area contributed by atoms with Crippen molar-refractivity contribution >= 4 is 11.0 Å². The molecule has 0 atom stereocenters. The van der Waals surface area contributed by atoms with E-state index in [0.717, 1.165) is 25.2 Å². The van der Waals surface area contributed by atoms with Crippen molar-refractivity contribution in [1.82, 2.24) is 14.9 Å². The molecule has 0 spiro atoms. The van der Waals surface area contributed by atoms with E-state index < -0.39 is 0 Å². The molecular formula is C20H29N3. The third-order valence-electron chi connectivity index (χ3n) is 4.76. The molecule has 23 heavy (non-hydrogen) atoms. The maximum atomic E-state index is 4.84. The number of aromatic nitrogens is 2. The molecule has 0 fully saturated rings. The fourth-order valence-electron chi connectivity index (χ4n) is 3.41. The van der Waals surface area contributed by atoms with Crippen molar-refractivity contribution in [3.8, 4) is 0 Å². The molecule has 3 nitrogen and oxygen atoms in total. The molecule has 0 aliphatic heterocycles. The van der Waals surface area contributed by atoms with Gasteiger partial charge in [0.2, 0.25) is 0 Å². The van der Waals surface area contributed by atoms with E-state index in [0.29, 0.717) is 0 Å². The molecule has 1 aliphatic carbocycles. The molecule has 3 rings (SSSR count). The first-order chi connectivity index (χ1) is 11.4. The van der Waals surface area contributed by atoms with Gasteiger partial charge < -0.3 is 9.88 Å². The van der Waals surface area contributed by atoms with Crippen molar-refractivity contribution in [2.75, 3.05) is 6.54 Å². The number of para-hydroxylation sites is 2. The zero-order valence-electron chi connectivity index (χ0n) is 14.4. The molecule has 124 valence electrons. The van der Waals surface area contributed by atoms with Crippen molar-refractivity contribution < 1.29 is 0 Å². The van der Waals surface area contributed by atoms with Crippen LogP contribution >= 0.6 is 0 Å². The van der Waals surface area contributed by atoms with Crippen molar-refractivity contribution in [1.29, 1.82) is 0 Å². The van der Waals surface area contributed by atoms with Gasteiger partial charge in [-0.3, -0.25) is 0 Å². The number of nitrogens with zero attached hydrogens (tertiary/aromatic N) is 2. The van der Waals surface area contributed by atoms with Gasteiger partial charge in [-0.25, -0.2) is 4.98 Å². The quantitative estimate of drug-likeness (QED) is 0.559. The molecular weight excluding hydrogens is 282 g/mol. The summed E-state index contributed by atoms with van der Waals surface area (Å²) in [5.41, 5.74) is 4.03. The smallest absolute Gasteiger partial charge is 0.123 e. The SMILES string of the molecule is CCCCn1c(CNCCC2=CCCCC2)nc2ccccc21. The van der Waals surface area contributed by atoms with E-state index in [9.17, 15) is 0 Å². The third-order valence-corrected chi connectivity index (χ3v) is 4.76. The first-order valence-electron chi connectivity index (χ1n) is 9.21. The summed E-state index contributed by atoms with van der Waals surface area (Å²) in [6, 6.07) is 8.49. The number of fused-ring (bicyclic) bond motifs is 1. The number of benzene rings is 1. The molecule has 1 aromatic carbocycles. The van der Waals surface area contributed by atoms with Gasteiger partial charge in [0.15, 0.2) is 0 Å². The highest BCUT2D eigenvalue weighted by molar-refractivity contribution is 5.75. The number of unbranched alkanes of at least 4 members (excludes halogenated alkanes) is 1. The molecule has 1 heterocycles. The predicted molar refractivity (Wildman–Crippen MR) is 97.5 cm³/mol. The van der Waals surface area contributed by atoms with Gasteiger partial charge in [-0.2, -0.15) is 0 Å². The van der Waals surface area contributed by atoms with Crippen LogP contribution in [-0.4, -0.2) is 16.1 Å². The van der Waals surface area contributed by atoms with Crippen molar-refractivity contribution in [2.24, 2.45) is 0 Å². The lowest BCUT2D eigenvalue weighted by atomic mass is 9.97. The fraction of sp³-hybridized carbons (Fsp3) is 0.550. The number of hydrogen-bond acceptors (Lipinski definition) is 2. The van der Waals surface area contributed by atoms with Gasteiger partial charge in [0.05, 0.1) is 17.6 Å². The number of nitrogens with one attached hydrogen (secondary N) is 1. The molecule has 3 heteroatoms. The summed E-state index contributed by atoms with van der Waals surface area (Å²) in [5, 5.41) is 3.60. The topological polar surface area (TPSA) is 29.9 Å². The van der Waals surface area contributed by atoms with Crippen molar-refractivity contribution in [3.63, 3.8) is 0 Å². The second-order valence-electron chi connectivity index (χ2n) is 6.56. The van der Waals surface area contributed by atoms with Gasteiger partial charge in [0, 0.05) is 6.54 Å². The average molecular weight is 311 g/mol. The Balaban J connectivity index is 1.61. The van der Waals surface area contributed by atoms with E-state index in [4.69, 9.17) is 4.98 Å². The number of rotatable bonds is 8. The zero-order valence-corrected chi connectivity index (χ0v) is 14.4. The Morgan fingerprint density at radius 2 is 2.13 bits per heavy atom. The lowest BCUT2D eigenvalue weighted by Gasteiger charge is -2.13. The van der Waals surface area contributed by atoms with Crippen LogP contribution in [0, 0.1) is 0 Å². The Labute approximate surface area is 139 Å². The largest absolute Gasteiger partial charge is 0.327 e. The minimum Gasteiger partial charge on any atom is -0.327 e. The summed E-state index contributed by atoms with van der Waals surface area (Å²) in [4.78, 5) is 4.84. The summed E-state index contributed by atoms with van der Waals surface area (Å²) in [6.07, 6.45) is 11.4. The van der Waals surface area contributed by atoms with Crippen LogP contribution < -0.4 is 5.32 Å². The van der Waals surface area contributed by atoms with Crippen LogP contribution in [0.5, 0.6) is 0 Å². The van der Waals surface area contributed by atoms with Crippen LogP contribution in [0.1, 0.15) is 57.7 Å². The highest BCUT2D eigenvalue weighted by Crippen LogP contribution is 2.20. The van der Waals surface area contributed by atoms with Crippen LogP contribution in [0.15, 0.2) is 35.9 Å². The normalized spacial score (nSPS) is 15.1. The van der Waals surface area contributed by atoms with Gasteiger partial charge in [0.25, 0.3) is 0 Å². The van der Waals surface area contributed by atoms with Gasteiger partial charge in [-0.15, -0.1) is 0 Å². The van der Waals surface area contributed by atoms with E-state index in [1.165, 1.54) is 56.3 Å². The molecule has 0 saturated carbocycles. The number of imidazole rings is 1. The van der Waals surface area contributed by atoms with Gasteiger partial charge >= 0.3 is 0 Å². The molecule has 1 aliphatic rings. The molecule has 1 aromatic heterocycles. The molecule has 0 amide bonds. The summed E-state index contributed by atoms with van der Waals surface area (Å²) in [7, 11) is 0. The minimum atomic E-state index is 0.867. The Kier molecular flexibility index (Phi) is 5.87. The summed E-state index contributed by atoms with van der Waals surface area (Å²) >= 11 is 0. The monoisotopic (exact) mass is 311 g/mol. The second-order valence-corrected chi connectivity index (χ2v) is 6.56. The maximum absolute atomic E-state index is 4.84. The van der Waals surface area contributed by atoms with E-state index in [-0.39, 0.29) is 0 Å². The van der Waals surface area contributed by atoms with Gasteiger partial charge in [-0.1, -0.05) is 37.1 Å². The second kappa shape index (κ2) is 8.30.